The largest absolute Gasteiger partial charge is 0.496 e. The summed E-state index contributed by atoms with van der Waals surface area (Å²) in [6.45, 7) is 2.08. The smallest absolute Gasteiger partial charge is 0.122 e. The Morgan fingerprint density at radius 1 is 1.39 bits per heavy atom. The van der Waals surface area contributed by atoms with Gasteiger partial charge in [-0.25, -0.2) is 0 Å². The van der Waals surface area contributed by atoms with Crippen LogP contribution in [-0.4, -0.2) is 49.9 Å². The Morgan fingerprint density at radius 2 is 2.11 bits per heavy atom. The zero-order valence-electron chi connectivity index (χ0n) is 11.3. The summed E-state index contributed by atoms with van der Waals surface area (Å²) in [5, 5.41) is 9.67. The molecule has 0 aliphatic rings. The Bertz CT molecular complexity index is 344. The number of aliphatic hydroxyl groups is 1. The van der Waals surface area contributed by atoms with E-state index in [2.05, 4.69) is 11.0 Å². The Morgan fingerprint density at radius 3 is 2.78 bits per heavy atom. The fourth-order valence-electron chi connectivity index (χ4n) is 1.96. The second-order valence-corrected chi connectivity index (χ2v) is 4.56. The molecule has 1 rings (SSSR count). The molecule has 4 heteroatoms. The first-order valence-corrected chi connectivity index (χ1v) is 6.36. The molecular weight excluding hydrogens is 228 g/mol. The van der Waals surface area contributed by atoms with Crippen LogP contribution >= 0.6 is 0 Å². The predicted octanol–water partition coefficient (Wildman–Crippen LogP) is 0.879. The zero-order chi connectivity index (χ0) is 13.4. The van der Waals surface area contributed by atoms with Gasteiger partial charge in [-0.1, -0.05) is 18.2 Å². The Kier molecular flexibility index (Phi) is 6.72. The molecule has 3 N–H and O–H groups in total. The van der Waals surface area contributed by atoms with E-state index in [0.717, 1.165) is 18.7 Å². The molecule has 0 saturated heterocycles. The summed E-state index contributed by atoms with van der Waals surface area (Å²) < 4.78 is 5.31. The maximum atomic E-state index is 9.67. The molecule has 4 nitrogen and oxygen atoms in total. The van der Waals surface area contributed by atoms with E-state index in [4.69, 9.17) is 10.5 Å². The second-order valence-electron chi connectivity index (χ2n) is 4.56. The number of para-hydroxylation sites is 1. The number of nitrogens with zero attached hydrogens (tertiary/aromatic N) is 1. The zero-order valence-corrected chi connectivity index (χ0v) is 11.3. The summed E-state index contributed by atoms with van der Waals surface area (Å²) in [5.74, 6) is 0.924. The van der Waals surface area contributed by atoms with Crippen LogP contribution in [-0.2, 0) is 6.42 Å². The molecule has 18 heavy (non-hydrogen) atoms. The van der Waals surface area contributed by atoms with Crippen molar-refractivity contribution < 1.29 is 9.84 Å². The van der Waals surface area contributed by atoms with Crippen molar-refractivity contribution in [3.63, 3.8) is 0 Å². The first kappa shape index (κ1) is 15.0. The summed E-state index contributed by atoms with van der Waals surface area (Å²) in [5.41, 5.74) is 6.61. The molecular formula is C14H24N2O2. The van der Waals surface area contributed by atoms with Crippen LogP contribution in [0.25, 0.3) is 0 Å². The predicted molar refractivity (Wildman–Crippen MR) is 73.9 cm³/mol. The average molecular weight is 252 g/mol. The molecule has 0 spiro atoms. The minimum Gasteiger partial charge on any atom is -0.496 e. The van der Waals surface area contributed by atoms with Crippen molar-refractivity contribution in [2.24, 2.45) is 5.73 Å². The molecule has 1 aromatic rings. The fraction of sp³-hybridized carbons (Fsp3) is 0.571. The van der Waals surface area contributed by atoms with Gasteiger partial charge in [0.1, 0.15) is 5.75 Å². The molecule has 0 heterocycles. The van der Waals surface area contributed by atoms with Gasteiger partial charge in [-0.15, -0.1) is 0 Å². The third-order valence-electron chi connectivity index (χ3n) is 2.98. The third kappa shape index (κ3) is 5.04. The Balaban J connectivity index is 2.39. The number of rotatable bonds is 8. The number of methoxy groups -OCH3 is 1. The molecule has 1 aromatic carbocycles. The van der Waals surface area contributed by atoms with Crippen molar-refractivity contribution in [2.75, 3.05) is 33.8 Å². The summed E-state index contributed by atoms with van der Waals surface area (Å²) in [7, 11) is 3.70. The molecule has 0 radical (unpaired) electrons. The van der Waals surface area contributed by atoms with Crippen molar-refractivity contribution in [1.29, 1.82) is 0 Å². The van der Waals surface area contributed by atoms with Crippen molar-refractivity contribution in [3.05, 3.63) is 29.8 Å². The summed E-state index contributed by atoms with van der Waals surface area (Å²) >= 11 is 0. The van der Waals surface area contributed by atoms with Gasteiger partial charge in [0.05, 0.1) is 13.2 Å². The quantitative estimate of drug-likeness (QED) is 0.721. The van der Waals surface area contributed by atoms with Gasteiger partial charge >= 0.3 is 0 Å². The van der Waals surface area contributed by atoms with Gasteiger partial charge in [0.25, 0.3) is 0 Å². The average Bonchev–Trinajstić information content (AvgIpc) is 2.37. The first-order valence-electron chi connectivity index (χ1n) is 6.36. The van der Waals surface area contributed by atoms with E-state index in [1.165, 1.54) is 5.56 Å². The minimum atomic E-state index is -0.335. The number of hydrogen-bond donors (Lipinski definition) is 2. The van der Waals surface area contributed by atoms with Crippen LogP contribution in [0.4, 0.5) is 0 Å². The van der Waals surface area contributed by atoms with Gasteiger partial charge in [-0.3, -0.25) is 0 Å². The van der Waals surface area contributed by atoms with Gasteiger partial charge in [-0.05, 0) is 38.1 Å². The summed E-state index contributed by atoms with van der Waals surface area (Å²) in [4.78, 5) is 2.12. The second kappa shape index (κ2) is 8.08. The molecule has 102 valence electrons. The van der Waals surface area contributed by atoms with Crippen LogP contribution in [0.2, 0.25) is 0 Å². The summed E-state index contributed by atoms with van der Waals surface area (Å²) in [6.07, 6.45) is 1.23. The van der Waals surface area contributed by atoms with E-state index in [1.807, 2.05) is 25.2 Å². The number of likely N-dealkylation sites (N-methyl/N-ethyl adjacent to an activating group) is 1. The maximum Gasteiger partial charge on any atom is 0.122 e. The lowest BCUT2D eigenvalue weighted by atomic mass is 10.1. The van der Waals surface area contributed by atoms with E-state index in [0.29, 0.717) is 19.5 Å². The summed E-state index contributed by atoms with van der Waals surface area (Å²) in [6, 6.07) is 8.03. The van der Waals surface area contributed by atoms with Crippen LogP contribution in [0.1, 0.15) is 12.0 Å². The molecule has 0 saturated carbocycles. The topological polar surface area (TPSA) is 58.7 Å². The number of nitrogens with two attached hydrogens (primary N) is 1. The molecule has 1 atom stereocenters. The Hall–Kier alpha value is -1.10. The van der Waals surface area contributed by atoms with Crippen LogP contribution in [0, 0.1) is 0 Å². The van der Waals surface area contributed by atoms with Crippen molar-refractivity contribution in [1.82, 2.24) is 4.90 Å². The van der Waals surface area contributed by atoms with Crippen LogP contribution in [0.5, 0.6) is 5.75 Å². The van der Waals surface area contributed by atoms with E-state index in [-0.39, 0.29) is 6.10 Å². The fourth-order valence-corrected chi connectivity index (χ4v) is 1.96. The maximum absolute atomic E-state index is 9.67. The number of benzene rings is 1. The monoisotopic (exact) mass is 252 g/mol. The lowest BCUT2D eigenvalue weighted by molar-refractivity contribution is 0.120. The molecule has 0 amide bonds. The Labute approximate surface area is 109 Å². The van der Waals surface area contributed by atoms with Crippen LogP contribution in [0.15, 0.2) is 24.3 Å². The van der Waals surface area contributed by atoms with Crippen molar-refractivity contribution >= 4 is 0 Å². The standard InChI is InChI=1S/C14H24N2O2/c1-16(11-13(17)7-9-15)10-8-12-5-3-4-6-14(12)18-2/h3-6,13,17H,7-11,15H2,1-2H3. The van der Waals surface area contributed by atoms with Crippen LogP contribution < -0.4 is 10.5 Å². The van der Waals surface area contributed by atoms with Gasteiger partial charge in [-0.2, -0.15) is 0 Å². The van der Waals surface area contributed by atoms with E-state index < -0.39 is 0 Å². The van der Waals surface area contributed by atoms with Gasteiger partial charge in [0.15, 0.2) is 0 Å². The van der Waals surface area contributed by atoms with Crippen molar-refractivity contribution in [2.45, 2.75) is 18.9 Å². The molecule has 0 fully saturated rings. The van der Waals surface area contributed by atoms with Gasteiger partial charge < -0.3 is 20.5 Å². The SMILES string of the molecule is COc1ccccc1CCN(C)CC(O)CCN. The molecule has 0 bridgehead atoms. The molecule has 1 unspecified atom stereocenters. The molecule has 0 aromatic heterocycles. The number of hydrogen-bond acceptors (Lipinski definition) is 4. The van der Waals surface area contributed by atoms with Gasteiger partial charge in [0, 0.05) is 13.1 Å². The first-order chi connectivity index (χ1) is 8.67. The lowest BCUT2D eigenvalue weighted by Gasteiger charge is -2.20. The van der Waals surface area contributed by atoms with Crippen LogP contribution in [0.3, 0.4) is 0 Å². The van der Waals surface area contributed by atoms with Gasteiger partial charge in [0.2, 0.25) is 0 Å². The molecule has 0 aliphatic carbocycles. The molecule has 0 aliphatic heterocycles. The van der Waals surface area contributed by atoms with E-state index >= 15 is 0 Å². The lowest BCUT2D eigenvalue weighted by Crippen LogP contribution is -2.32. The normalized spacial score (nSPS) is 12.7. The highest BCUT2D eigenvalue weighted by molar-refractivity contribution is 5.33. The highest BCUT2D eigenvalue weighted by atomic mass is 16.5. The van der Waals surface area contributed by atoms with Crippen molar-refractivity contribution in [3.8, 4) is 5.75 Å². The third-order valence-corrected chi connectivity index (χ3v) is 2.98. The highest BCUT2D eigenvalue weighted by Crippen LogP contribution is 2.17. The van der Waals surface area contributed by atoms with E-state index in [1.54, 1.807) is 7.11 Å². The number of ether oxygens (including phenoxy) is 1. The minimum absolute atomic E-state index is 0.335. The number of aliphatic hydroxyl groups excluding tert-OH is 1. The highest BCUT2D eigenvalue weighted by Gasteiger charge is 2.08. The van der Waals surface area contributed by atoms with E-state index in [9.17, 15) is 5.11 Å².